The zero-order valence-electron chi connectivity index (χ0n) is 16.6. The number of nitrogens with one attached hydrogen (secondary N) is 2. The number of hydrogen-bond acceptors (Lipinski definition) is 3. The summed E-state index contributed by atoms with van der Waals surface area (Å²) in [4.78, 5) is 8.99. The average molecular weight is 508 g/mol. The second kappa shape index (κ2) is 11.5. The third-order valence-corrected chi connectivity index (χ3v) is 4.23. The van der Waals surface area contributed by atoms with Gasteiger partial charge in [0.2, 0.25) is 5.89 Å². The van der Waals surface area contributed by atoms with Crippen LogP contribution in [0.4, 0.5) is 4.39 Å². The van der Waals surface area contributed by atoms with E-state index >= 15 is 0 Å². The van der Waals surface area contributed by atoms with Crippen LogP contribution < -0.4 is 10.6 Å². The van der Waals surface area contributed by atoms with Gasteiger partial charge in [-0.1, -0.05) is 35.9 Å². The fraction of sp³-hybridized carbons (Fsp3) is 0.273. The van der Waals surface area contributed by atoms with E-state index in [9.17, 15) is 4.39 Å². The molecule has 0 atom stereocenters. The van der Waals surface area contributed by atoms with Crippen molar-refractivity contribution in [3.05, 3.63) is 77.4 Å². The van der Waals surface area contributed by atoms with E-state index in [1.165, 1.54) is 11.6 Å². The van der Waals surface area contributed by atoms with E-state index in [-0.39, 0.29) is 36.3 Å². The lowest BCUT2D eigenvalue weighted by Gasteiger charge is -2.10. The first kappa shape index (κ1) is 22.9. The quantitative estimate of drug-likeness (QED) is 0.276. The van der Waals surface area contributed by atoms with Gasteiger partial charge in [0.25, 0.3) is 0 Å². The summed E-state index contributed by atoms with van der Waals surface area (Å²) in [6, 6.07) is 14.7. The topological polar surface area (TPSA) is 62.5 Å². The lowest BCUT2D eigenvalue weighted by atomic mass is 10.1. The number of aliphatic imine (C=N–C) groups is 1. The van der Waals surface area contributed by atoms with Crippen molar-refractivity contribution < 1.29 is 8.81 Å². The highest BCUT2D eigenvalue weighted by Crippen LogP contribution is 2.19. The van der Waals surface area contributed by atoms with Gasteiger partial charge >= 0.3 is 0 Å². The standard InChI is InChI=1S/C22H25FN4O.HI/c1-3-24-22(26-14-18-6-4-5-7-20(18)23)25-13-12-19-15-28-21(27-19)17-10-8-16(2)9-11-17;/h4-11,15H,3,12-14H2,1-2H3,(H2,24,25,26);1H. The van der Waals surface area contributed by atoms with Crippen molar-refractivity contribution in [2.24, 2.45) is 4.99 Å². The minimum atomic E-state index is -0.242. The van der Waals surface area contributed by atoms with Crippen LogP contribution >= 0.6 is 24.0 Å². The Balaban J connectivity index is 0.00000300. The number of nitrogens with zero attached hydrogens (tertiary/aromatic N) is 2. The van der Waals surface area contributed by atoms with Gasteiger partial charge in [0.15, 0.2) is 5.96 Å². The minimum absolute atomic E-state index is 0. The van der Waals surface area contributed by atoms with Gasteiger partial charge in [0.05, 0.1) is 12.2 Å². The molecule has 0 saturated heterocycles. The summed E-state index contributed by atoms with van der Waals surface area (Å²) < 4.78 is 19.3. The Bertz CT molecular complexity index is 925. The summed E-state index contributed by atoms with van der Waals surface area (Å²) in [5.74, 6) is 1.02. The number of guanidine groups is 1. The zero-order chi connectivity index (χ0) is 19.8. The zero-order valence-corrected chi connectivity index (χ0v) is 18.9. The second-order valence-electron chi connectivity index (χ2n) is 6.47. The van der Waals surface area contributed by atoms with Crippen LogP contribution in [0.1, 0.15) is 23.7 Å². The molecule has 2 aromatic carbocycles. The maximum absolute atomic E-state index is 13.7. The molecule has 3 rings (SSSR count). The fourth-order valence-electron chi connectivity index (χ4n) is 2.69. The molecule has 2 N–H and O–H groups in total. The number of halogens is 2. The van der Waals surface area contributed by atoms with Crippen molar-refractivity contribution in [2.45, 2.75) is 26.8 Å². The molecule has 29 heavy (non-hydrogen) atoms. The Kier molecular flexibility index (Phi) is 9.11. The van der Waals surface area contributed by atoms with Crippen molar-refractivity contribution in [3.8, 4) is 11.5 Å². The highest BCUT2D eigenvalue weighted by molar-refractivity contribution is 14.0. The van der Waals surface area contributed by atoms with Gasteiger partial charge in [-0.15, -0.1) is 24.0 Å². The van der Waals surface area contributed by atoms with Crippen LogP contribution in [0.2, 0.25) is 0 Å². The number of aromatic nitrogens is 1. The van der Waals surface area contributed by atoms with Crippen LogP contribution in [0.25, 0.3) is 11.5 Å². The molecular weight excluding hydrogens is 482 g/mol. The van der Waals surface area contributed by atoms with Gasteiger partial charge in [0.1, 0.15) is 12.1 Å². The molecule has 0 spiro atoms. The van der Waals surface area contributed by atoms with Crippen LogP contribution in [0.15, 0.2) is 64.2 Å². The van der Waals surface area contributed by atoms with Gasteiger partial charge in [-0.3, -0.25) is 0 Å². The third-order valence-electron chi connectivity index (χ3n) is 4.23. The van der Waals surface area contributed by atoms with E-state index in [2.05, 4.69) is 20.6 Å². The highest BCUT2D eigenvalue weighted by Gasteiger charge is 2.07. The van der Waals surface area contributed by atoms with Crippen LogP contribution in [0.5, 0.6) is 0 Å². The van der Waals surface area contributed by atoms with Gasteiger partial charge in [-0.05, 0) is 32.0 Å². The molecule has 0 fully saturated rings. The van der Waals surface area contributed by atoms with E-state index in [1.807, 2.05) is 44.2 Å². The number of aryl methyl sites for hydroxylation is 1. The van der Waals surface area contributed by atoms with E-state index in [4.69, 9.17) is 4.42 Å². The van der Waals surface area contributed by atoms with Gasteiger partial charge in [-0.25, -0.2) is 14.4 Å². The molecule has 3 aromatic rings. The molecule has 0 aliphatic heterocycles. The SMILES string of the molecule is CCNC(=NCc1ccccc1F)NCCc1coc(-c2ccc(C)cc2)n1.I. The van der Waals surface area contributed by atoms with Gasteiger partial charge in [-0.2, -0.15) is 0 Å². The fourth-order valence-corrected chi connectivity index (χ4v) is 2.69. The molecular formula is C22H26FIN4O. The average Bonchev–Trinajstić information content (AvgIpc) is 3.16. The number of benzene rings is 2. The van der Waals surface area contributed by atoms with Gasteiger partial charge < -0.3 is 15.1 Å². The minimum Gasteiger partial charge on any atom is -0.444 e. The molecule has 1 aromatic heterocycles. The summed E-state index contributed by atoms with van der Waals surface area (Å²) in [6.45, 7) is 5.69. The third kappa shape index (κ3) is 6.85. The highest BCUT2D eigenvalue weighted by atomic mass is 127. The summed E-state index contributed by atoms with van der Waals surface area (Å²) in [7, 11) is 0. The van der Waals surface area contributed by atoms with Crippen LogP contribution in [-0.2, 0) is 13.0 Å². The Hall–Kier alpha value is -2.42. The molecule has 154 valence electrons. The lowest BCUT2D eigenvalue weighted by molar-refractivity contribution is 0.572. The Labute approximate surface area is 187 Å². The van der Waals surface area contributed by atoms with E-state index in [1.54, 1.807) is 18.4 Å². The summed E-state index contributed by atoms with van der Waals surface area (Å²) in [5.41, 5.74) is 3.60. The van der Waals surface area contributed by atoms with E-state index in [0.29, 0.717) is 30.4 Å². The molecule has 0 unspecified atom stereocenters. The molecule has 0 aliphatic rings. The van der Waals surface area contributed by atoms with Crippen LogP contribution in [-0.4, -0.2) is 24.0 Å². The molecule has 7 heteroatoms. The lowest BCUT2D eigenvalue weighted by Crippen LogP contribution is -2.38. The van der Waals surface area contributed by atoms with Crippen molar-refractivity contribution >= 4 is 29.9 Å². The van der Waals surface area contributed by atoms with E-state index in [0.717, 1.165) is 17.8 Å². The largest absolute Gasteiger partial charge is 0.444 e. The first-order valence-electron chi connectivity index (χ1n) is 9.42. The number of oxazole rings is 1. The smallest absolute Gasteiger partial charge is 0.226 e. The molecule has 0 saturated carbocycles. The Morgan fingerprint density at radius 1 is 1.10 bits per heavy atom. The van der Waals surface area contributed by atoms with Crippen LogP contribution in [0.3, 0.4) is 0 Å². The molecule has 0 aliphatic carbocycles. The van der Waals surface area contributed by atoms with Crippen LogP contribution in [0, 0.1) is 12.7 Å². The second-order valence-corrected chi connectivity index (χ2v) is 6.47. The predicted molar refractivity (Wildman–Crippen MR) is 125 cm³/mol. The predicted octanol–water partition coefficient (Wildman–Crippen LogP) is 4.70. The Morgan fingerprint density at radius 2 is 1.86 bits per heavy atom. The van der Waals surface area contributed by atoms with Gasteiger partial charge in [0, 0.05) is 30.6 Å². The molecule has 5 nitrogen and oxygen atoms in total. The summed E-state index contributed by atoms with van der Waals surface area (Å²) in [6.07, 6.45) is 2.37. The summed E-state index contributed by atoms with van der Waals surface area (Å²) >= 11 is 0. The maximum Gasteiger partial charge on any atom is 0.226 e. The van der Waals surface area contributed by atoms with Crippen molar-refractivity contribution in [1.82, 2.24) is 15.6 Å². The Morgan fingerprint density at radius 3 is 2.59 bits per heavy atom. The molecule has 0 amide bonds. The summed E-state index contributed by atoms with van der Waals surface area (Å²) in [5, 5.41) is 6.42. The molecule has 0 bridgehead atoms. The first-order chi connectivity index (χ1) is 13.7. The molecule has 0 radical (unpaired) electrons. The van der Waals surface area contributed by atoms with Crippen molar-refractivity contribution in [1.29, 1.82) is 0 Å². The van der Waals surface area contributed by atoms with Crippen molar-refractivity contribution in [3.63, 3.8) is 0 Å². The van der Waals surface area contributed by atoms with E-state index < -0.39 is 0 Å². The normalized spacial score (nSPS) is 11.1. The number of rotatable bonds is 7. The monoisotopic (exact) mass is 508 g/mol. The number of hydrogen-bond donors (Lipinski definition) is 2. The maximum atomic E-state index is 13.7. The molecule has 1 heterocycles. The first-order valence-corrected chi connectivity index (χ1v) is 9.42. The van der Waals surface area contributed by atoms with Crippen molar-refractivity contribution in [2.75, 3.05) is 13.1 Å².